The molecule has 2 rings (SSSR count). The monoisotopic (exact) mass is 279 g/mol. The summed E-state index contributed by atoms with van der Waals surface area (Å²) in [5.74, 6) is -2.05. The Balaban J connectivity index is 2.18. The topological polar surface area (TPSA) is 49.3 Å². The number of carboxylic acid groups (broad SMARTS) is 1. The summed E-state index contributed by atoms with van der Waals surface area (Å²) in [4.78, 5) is 11.0. The molecule has 0 aromatic heterocycles. The second-order valence-electron chi connectivity index (χ2n) is 3.95. The lowest BCUT2D eigenvalue weighted by molar-refractivity contribution is 0.0693. The fourth-order valence-electron chi connectivity index (χ4n) is 1.69. The summed E-state index contributed by atoms with van der Waals surface area (Å²) in [7, 11) is 0. The summed E-state index contributed by atoms with van der Waals surface area (Å²) < 4.78 is 13.4. The molecule has 0 atom stereocenters. The van der Waals surface area contributed by atoms with E-state index in [9.17, 15) is 9.18 Å². The van der Waals surface area contributed by atoms with Gasteiger partial charge in [0.05, 0.1) is 5.69 Å². The first kappa shape index (κ1) is 13.4. The molecule has 0 saturated carbocycles. The molecule has 0 radical (unpaired) electrons. The Morgan fingerprint density at radius 2 is 1.89 bits per heavy atom. The lowest BCUT2D eigenvalue weighted by Crippen LogP contribution is -2.08. The van der Waals surface area contributed by atoms with Gasteiger partial charge in [-0.05, 0) is 29.8 Å². The van der Waals surface area contributed by atoms with E-state index in [1.54, 1.807) is 12.1 Å². The molecule has 0 heterocycles. The number of aromatic carboxylic acids is 1. The molecule has 0 saturated heterocycles. The maximum Gasteiger partial charge on any atom is 0.340 e. The van der Waals surface area contributed by atoms with Gasteiger partial charge in [-0.3, -0.25) is 0 Å². The van der Waals surface area contributed by atoms with E-state index in [1.165, 1.54) is 12.1 Å². The van der Waals surface area contributed by atoms with Crippen LogP contribution in [-0.4, -0.2) is 11.1 Å². The number of anilines is 1. The Bertz CT molecular complexity index is 599. The first-order chi connectivity index (χ1) is 9.08. The number of halogens is 2. The van der Waals surface area contributed by atoms with Crippen molar-refractivity contribution in [2.75, 3.05) is 5.32 Å². The quantitative estimate of drug-likeness (QED) is 0.895. The summed E-state index contributed by atoms with van der Waals surface area (Å²) in [5.41, 5.74) is 0.823. The van der Waals surface area contributed by atoms with E-state index >= 15 is 0 Å². The minimum absolute atomic E-state index is 0.252. The predicted octanol–water partition coefficient (Wildman–Crippen LogP) is 3.79. The Morgan fingerprint density at radius 1 is 1.21 bits per heavy atom. The van der Waals surface area contributed by atoms with Crippen molar-refractivity contribution >= 4 is 23.3 Å². The highest BCUT2D eigenvalue weighted by atomic mass is 35.5. The smallest absolute Gasteiger partial charge is 0.340 e. The van der Waals surface area contributed by atoms with Crippen molar-refractivity contribution < 1.29 is 14.3 Å². The highest BCUT2D eigenvalue weighted by Gasteiger charge is 2.15. The Morgan fingerprint density at radius 3 is 2.53 bits per heavy atom. The van der Waals surface area contributed by atoms with E-state index in [4.69, 9.17) is 16.7 Å². The maximum absolute atomic E-state index is 13.4. The van der Waals surface area contributed by atoms with Crippen molar-refractivity contribution in [3.8, 4) is 0 Å². The average molecular weight is 280 g/mol. The first-order valence-corrected chi connectivity index (χ1v) is 5.96. The van der Waals surface area contributed by atoms with E-state index < -0.39 is 11.8 Å². The largest absolute Gasteiger partial charge is 0.478 e. The van der Waals surface area contributed by atoms with Crippen molar-refractivity contribution in [2.24, 2.45) is 0 Å². The van der Waals surface area contributed by atoms with Gasteiger partial charge in [-0.25, -0.2) is 9.18 Å². The molecule has 0 unspecified atom stereocenters. The number of carbonyl (C=O) groups is 1. The van der Waals surface area contributed by atoms with Crippen molar-refractivity contribution in [1.29, 1.82) is 0 Å². The van der Waals surface area contributed by atoms with Gasteiger partial charge in [-0.1, -0.05) is 29.8 Å². The zero-order valence-electron chi connectivity index (χ0n) is 9.86. The molecule has 3 nitrogen and oxygen atoms in total. The fraction of sp³-hybridized carbons (Fsp3) is 0.0714. The van der Waals surface area contributed by atoms with E-state index in [0.29, 0.717) is 11.6 Å². The van der Waals surface area contributed by atoms with E-state index in [2.05, 4.69) is 5.32 Å². The molecule has 2 aromatic carbocycles. The summed E-state index contributed by atoms with van der Waals surface area (Å²) in [6.45, 7) is 0.390. The molecule has 2 aromatic rings. The second kappa shape index (κ2) is 5.71. The standard InChI is InChI=1S/C14H11ClFNO2/c15-10-6-4-9(5-7-10)8-17-12-3-1-2-11(16)13(12)14(18)19/h1-7,17H,8H2,(H,18,19). The molecule has 5 heteroatoms. The van der Waals surface area contributed by atoms with Crippen molar-refractivity contribution in [2.45, 2.75) is 6.54 Å². The highest BCUT2D eigenvalue weighted by Crippen LogP contribution is 2.20. The van der Waals surface area contributed by atoms with Crippen LogP contribution < -0.4 is 5.32 Å². The fourth-order valence-corrected chi connectivity index (χ4v) is 1.81. The summed E-state index contributed by atoms with van der Waals surface area (Å²) >= 11 is 5.77. The van der Waals surface area contributed by atoms with Crippen LogP contribution >= 0.6 is 11.6 Å². The van der Waals surface area contributed by atoms with Crippen LogP contribution in [0.5, 0.6) is 0 Å². The van der Waals surface area contributed by atoms with Crippen LogP contribution in [0.1, 0.15) is 15.9 Å². The second-order valence-corrected chi connectivity index (χ2v) is 4.38. The Hall–Kier alpha value is -2.07. The number of benzene rings is 2. The van der Waals surface area contributed by atoms with Gasteiger partial charge in [0.1, 0.15) is 11.4 Å². The number of rotatable bonds is 4. The molecule has 19 heavy (non-hydrogen) atoms. The van der Waals surface area contributed by atoms with Crippen molar-refractivity contribution in [1.82, 2.24) is 0 Å². The van der Waals surface area contributed by atoms with Crippen LogP contribution in [0.3, 0.4) is 0 Å². The van der Waals surface area contributed by atoms with Gasteiger partial charge in [-0.15, -0.1) is 0 Å². The highest BCUT2D eigenvalue weighted by molar-refractivity contribution is 6.30. The third-order valence-corrected chi connectivity index (χ3v) is 2.88. The molecule has 0 aliphatic rings. The average Bonchev–Trinajstić information content (AvgIpc) is 2.37. The summed E-state index contributed by atoms with van der Waals surface area (Å²) in [5, 5.41) is 12.5. The normalized spacial score (nSPS) is 10.2. The molecule has 0 bridgehead atoms. The van der Waals surface area contributed by atoms with Crippen LogP contribution in [0.25, 0.3) is 0 Å². The van der Waals surface area contributed by atoms with Crippen LogP contribution in [0, 0.1) is 5.82 Å². The lowest BCUT2D eigenvalue weighted by Gasteiger charge is -2.10. The van der Waals surface area contributed by atoms with Gasteiger partial charge in [-0.2, -0.15) is 0 Å². The zero-order chi connectivity index (χ0) is 13.8. The van der Waals surface area contributed by atoms with E-state index in [1.807, 2.05) is 12.1 Å². The third kappa shape index (κ3) is 3.23. The predicted molar refractivity (Wildman–Crippen MR) is 72.1 cm³/mol. The van der Waals surface area contributed by atoms with Gasteiger partial charge in [0, 0.05) is 11.6 Å². The molecule has 0 spiro atoms. The molecule has 0 aliphatic heterocycles. The summed E-state index contributed by atoms with van der Waals surface area (Å²) in [6, 6.07) is 11.2. The molecule has 0 aliphatic carbocycles. The number of carboxylic acids is 1. The van der Waals surface area contributed by atoms with Gasteiger partial charge < -0.3 is 10.4 Å². The van der Waals surface area contributed by atoms with Gasteiger partial charge in [0.15, 0.2) is 0 Å². The molecule has 0 amide bonds. The van der Waals surface area contributed by atoms with Gasteiger partial charge >= 0.3 is 5.97 Å². The molecular formula is C14H11ClFNO2. The van der Waals surface area contributed by atoms with Crippen molar-refractivity contribution in [3.05, 3.63) is 64.4 Å². The van der Waals surface area contributed by atoms with E-state index in [-0.39, 0.29) is 11.3 Å². The van der Waals surface area contributed by atoms with Crippen LogP contribution in [0.2, 0.25) is 5.02 Å². The molecule has 2 N–H and O–H groups in total. The SMILES string of the molecule is O=C(O)c1c(F)cccc1NCc1ccc(Cl)cc1. The molecule has 98 valence electrons. The minimum atomic E-state index is -1.29. The van der Waals surface area contributed by atoms with Gasteiger partial charge in [0.25, 0.3) is 0 Å². The molecular weight excluding hydrogens is 269 g/mol. The molecule has 0 fully saturated rings. The van der Waals surface area contributed by atoms with Crippen molar-refractivity contribution in [3.63, 3.8) is 0 Å². The Labute approximate surface area is 114 Å². The van der Waals surface area contributed by atoms with Gasteiger partial charge in [0.2, 0.25) is 0 Å². The number of hydrogen-bond acceptors (Lipinski definition) is 2. The number of hydrogen-bond donors (Lipinski definition) is 2. The van der Waals surface area contributed by atoms with Crippen LogP contribution in [0.15, 0.2) is 42.5 Å². The summed E-state index contributed by atoms with van der Waals surface area (Å²) in [6.07, 6.45) is 0. The van der Waals surface area contributed by atoms with E-state index in [0.717, 1.165) is 11.6 Å². The maximum atomic E-state index is 13.4. The minimum Gasteiger partial charge on any atom is -0.478 e. The Kier molecular flexibility index (Phi) is 4.02. The lowest BCUT2D eigenvalue weighted by atomic mass is 10.1. The third-order valence-electron chi connectivity index (χ3n) is 2.62. The van der Waals surface area contributed by atoms with Crippen LogP contribution in [-0.2, 0) is 6.54 Å². The van der Waals surface area contributed by atoms with Crippen LogP contribution in [0.4, 0.5) is 10.1 Å². The number of nitrogens with one attached hydrogen (secondary N) is 1. The first-order valence-electron chi connectivity index (χ1n) is 5.58. The zero-order valence-corrected chi connectivity index (χ0v) is 10.6.